The highest BCUT2D eigenvalue weighted by Crippen LogP contribution is 2.36. The monoisotopic (exact) mass is 363 g/mol. The van der Waals surface area contributed by atoms with E-state index in [1.165, 1.54) is 7.11 Å². The molecule has 0 saturated carbocycles. The van der Waals surface area contributed by atoms with Gasteiger partial charge in [-0.2, -0.15) is 0 Å². The average Bonchev–Trinajstić information content (AvgIpc) is 2.64. The van der Waals surface area contributed by atoms with Crippen molar-refractivity contribution in [1.82, 2.24) is 5.32 Å². The highest BCUT2D eigenvalue weighted by atomic mass is 35.5. The summed E-state index contributed by atoms with van der Waals surface area (Å²) in [6.07, 6.45) is 0.849. The van der Waals surface area contributed by atoms with Gasteiger partial charge in [-0.05, 0) is 36.2 Å². The predicted molar refractivity (Wildman–Crippen MR) is 98.0 cm³/mol. The molecule has 0 atom stereocenters. The largest absolute Gasteiger partial charge is 0.497 e. The van der Waals surface area contributed by atoms with Crippen molar-refractivity contribution >= 4 is 17.5 Å². The summed E-state index contributed by atoms with van der Waals surface area (Å²) in [7, 11) is 3.12. The summed E-state index contributed by atoms with van der Waals surface area (Å²) in [5, 5.41) is 3.20. The fourth-order valence-electron chi connectivity index (χ4n) is 2.26. The predicted octanol–water partition coefficient (Wildman–Crippen LogP) is 4.08. The molecule has 0 bridgehead atoms. The van der Waals surface area contributed by atoms with Crippen molar-refractivity contribution in [3.05, 3.63) is 52.5 Å². The van der Waals surface area contributed by atoms with Gasteiger partial charge in [0.1, 0.15) is 5.75 Å². The molecule has 0 aromatic heterocycles. The number of rotatable bonds is 8. The first-order chi connectivity index (χ1) is 12.1. The van der Waals surface area contributed by atoms with Gasteiger partial charge in [-0.1, -0.05) is 30.7 Å². The van der Waals surface area contributed by atoms with Crippen molar-refractivity contribution in [2.75, 3.05) is 20.8 Å². The molecule has 1 amide bonds. The van der Waals surface area contributed by atoms with Crippen LogP contribution in [0.15, 0.2) is 36.4 Å². The molecule has 0 aliphatic heterocycles. The molecule has 2 aromatic rings. The van der Waals surface area contributed by atoms with Crippen LogP contribution >= 0.6 is 11.6 Å². The Balaban J connectivity index is 2.11. The maximum atomic E-state index is 12.4. The third-order valence-electron chi connectivity index (χ3n) is 3.53. The lowest BCUT2D eigenvalue weighted by atomic mass is 10.1. The highest BCUT2D eigenvalue weighted by molar-refractivity contribution is 6.32. The molecule has 0 radical (unpaired) electrons. The SMILES string of the molecule is CCCOc1c(Cl)cc(C(=O)NCc2cccc(OC)c2)cc1OC. The zero-order valence-electron chi connectivity index (χ0n) is 14.6. The molecular formula is C19H22ClNO4. The van der Waals surface area contributed by atoms with Gasteiger partial charge >= 0.3 is 0 Å². The van der Waals surface area contributed by atoms with Crippen LogP contribution in [-0.2, 0) is 6.54 Å². The Kier molecular flexibility index (Phi) is 6.95. The van der Waals surface area contributed by atoms with Crippen LogP contribution in [0.5, 0.6) is 17.2 Å². The molecule has 2 rings (SSSR count). The fourth-order valence-corrected chi connectivity index (χ4v) is 2.53. The summed E-state index contributed by atoms with van der Waals surface area (Å²) in [6.45, 7) is 2.91. The van der Waals surface area contributed by atoms with Gasteiger partial charge in [-0.3, -0.25) is 4.79 Å². The minimum Gasteiger partial charge on any atom is -0.497 e. The molecule has 1 N–H and O–H groups in total. The van der Waals surface area contributed by atoms with Gasteiger partial charge in [-0.25, -0.2) is 0 Å². The van der Waals surface area contributed by atoms with Crippen LogP contribution in [0, 0.1) is 0 Å². The number of carbonyl (C=O) groups excluding carboxylic acids is 1. The van der Waals surface area contributed by atoms with Crippen LogP contribution in [0.3, 0.4) is 0 Å². The van der Waals surface area contributed by atoms with E-state index in [2.05, 4.69) is 5.32 Å². The van der Waals surface area contributed by atoms with Crippen LogP contribution in [0.4, 0.5) is 0 Å². The van der Waals surface area contributed by atoms with E-state index in [-0.39, 0.29) is 5.91 Å². The molecule has 0 spiro atoms. The van der Waals surface area contributed by atoms with Crippen molar-refractivity contribution in [3.63, 3.8) is 0 Å². The van der Waals surface area contributed by atoms with Gasteiger partial charge in [-0.15, -0.1) is 0 Å². The Labute approximate surface area is 152 Å². The van der Waals surface area contributed by atoms with Crippen molar-refractivity contribution in [2.24, 2.45) is 0 Å². The molecule has 0 heterocycles. The first-order valence-electron chi connectivity index (χ1n) is 8.00. The molecule has 2 aromatic carbocycles. The molecule has 6 heteroatoms. The summed E-state index contributed by atoms with van der Waals surface area (Å²) < 4.78 is 16.1. The van der Waals surface area contributed by atoms with Gasteiger partial charge in [0.2, 0.25) is 0 Å². The molecule has 0 aliphatic rings. The molecule has 0 unspecified atom stereocenters. The summed E-state index contributed by atoms with van der Waals surface area (Å²) in [6, 6.07) is 10.7. The Hall–Kier alpha value is -2.40. The van der Waals surface area contributed by atoms with E-state index in [9.17, 15) is 4.79 Å². The van der Waals surface area contributed by atoms with Gasteiger partial charge in [0, 0.05) is 12.1 Å². The van der Waals surface area contributed by atoms with Gasteiger partial charge in [0.25, 0.3) is 5.91 Å². The second-order valence-corrected chi connectivity index (χ2v) is 5.78. The number of carbonyl (C=O) groups is 1. The van der Waals surface area contributed by atoms with Crippen molar-refractivity contribution < 1.29 is 19.0 Å². The van der Waals surface area contributed by atoms with E-state index in [1.807, 2.05) is 31.2 Å². The Bertz CT molecular complexity index is 733. The van der Waals surface area contributed by atoms with E-state index in [4.69, 9.17) is 25.8 Å². The average molecular weight is 364 g/mol. The zero-order valence-corrected chi connectivity index (χ0v) is 15.4. The van der Waals surface area contributed by atoms with Gasteiger partial charge < -0.3 is 19.5 Å². The third-order valence-corrected chi connectivity index (χ3v) is 3.81. The van der Waals surface area contributed by atoms with Crippen LogP contribution in [0.1, 0.15) is 29.3 Å². The highest BCUT2D eigenvalue weighted by Gasteiger charge is 2.15. The molecule has 5 nitrogen and oxygen atoms in total. The second kappa shape index (κ2) is 9.18. The number of ether oxygens (including phenoxy) is 3. The number of methoxy groups -OCH3 is 2. The minimum absolute atomic E-state index is 0.245. The summed E-state index contributed by atoms with van der Waals surface area (Å²) in [4.78, 5) is 12.4. The van der Waals surface area contributed by atoms with E-state index in [1.54, 1.807) is 19.2 Å². The maximum Gasteiger partial charge on any atom is 0.251 e. The third kappa shape index (κ3) is 5.03. The minimum atomic E-state index is -0.245. The van der Waals surface area contributed by atoms with Crippen molar-refractivity contribution in [3.8, 4) is 17.2 Å². The van der Waals surface area contributed by atoms with E-state index < -0.39 is 0 Å². The Morgan fingerprint density at radius 1 is 1.16 bits per heavy atom. The van der Waals surface area contributed by atoms with Gasteiger partial charge in [0.15, 0.2) is 11.5 Å². The lowest BCUT2D eigenvalue weighted by Crippen LogP contribution is -2.23. The number of nitrogens with one attached hydrogen (secondary N) is 1. The van der Waals surface area contributed by atoms with Crippen molar-refractivity contribution in [1.29, 1.82) is 0 Å². The summed E-state index contributed by atoms with van der Waals surface area (Å²) in [5.41, 5.74) is 1.35. The number of benzene rings is 2. The Morgan fingerprint density at radius 2 is 1.96 bits per heavy atom. The number of amides is 1. The number of hydrogen-bond acceptors (Lipinski definition) is 4. The molecule has 134 valence electrons. The zero-order chi connectivity index (χ0) is 18.2. The quantitative estimate of drug-likeness (QED) is 0.767. The fraction of sp³-hybridized carbons (Fsp3) is 0.316. The van der Waals surface area contributed by atoms with Crippen molar-refractivity contribution in [2.45, 2.75) is 19.9 Å². The topological polar surface area (TPSA) is 56.8 Å². The van der Waals surface area contributed by atoms with E-state index in [0.717, 1.165) is 17.7 Å². The second-order valence-electron chi connectivity index (χ2n) is 5.37. The molecule has 0 aliphatic carbocycles. The van der Waals surface area contributed by atoms with Crippen LogP contribution in [0.2, 0.25) is 5.02 Å². The first-order valence-corrected chi connectivity index (χ1v) is 8.38. The molecule has 0 fully saturated rings. The van der Waals surface area contributed by atoms with E-state index in [0.29, 0.717) is 35.2 Å². The van der Waals surface area contributed by atoms with Gasteiger partial charge in [0.05, 0.1) is 25.8 Å². The first kappa shape index (κ1) is 18.9. The molecule has 25 heavy (non-hydrogen) atoms. The van der Waals surface area contributed by atoms with Crippen LogP contribution in [-0.4, -0.2) is 26.7 Å². The lowest BCUT2D eigenvalue weighted by Gasteiger charge is -2.14. The molecule has 0 saturated heterocycles. The maximum absolute atomic E-state index is 12.4. The number of hydrogen-bond donors (Lipinski definition) is 1. The normalized spacial score (nSPS) is 10.2. The molecular weight excluding hydrogens is 342 g/mol. The lowest BCUT2D eigenvalue weighted by molar-refractivity contribution is 0.0950. The van der Waals surface area contributed by atoms with Crippen LogP contribution in [0.25, 0.3) is 0 Å². The standard InChI is InChI=1S/C19H22ClNO4/c1-4-8-25-18-16(20)10-14(11-17(18)24-3)19(22)21-12-13-6-5-7-15(9-13)23-2/h5-7,9-11H,4,8,12H2,1-3H3,(H,21,22). The Morgan fingerprint density at radius 3 is 2.64 bits per heavy atom. The van der Waals surface area contributed by atoms with Crippen LogP contribution < -0.4 is 19.5 Å². The number of halogens is 1. The van der Waals surface area contributed by atoms with E-state index >= 15 is 0 Å². The smallest absolute Gasteiger partial charge is 0.251 e. The summed E-state index contributed by atoms with van der Waals surface area (Å²) in [5.74, 6) is 1.39. The summed E-state index contributed by atoms with van der Waals surface area (Å²) >= 11 is 6.25.